The van der Waals surface area contributed by atoms with E-state index in [2.05, 4.69) is 34.9 Å². The van der Waals surface area contributed by atoms with E-state index >= 15 is 4.39 Å². The van der Waals surface area contributed by atoms with Crippen LogP contribution < -0.4 is 9.80 Å². The van der Waals surface area contributed by atoms with Crippen molar-refractivity contribution in [1.82, 2.24) is 19.3 Å². The molecule has 0 spiro atoms. The predicted octanol–water partition coefficient (Wildman–Crippen LogP) is 4.72. The number of amides is 1. The molecular formula is C28H28FN7O2. The number of nitrogens with zero attached hydrogens (tertiary/aromatic N) is 7. The maximum atomic E-state index is 15.2. The van der Waals surface area contributed by atoms with Crippen LogP contribution >= 0.6 is 0 Å². The van der Waals surface area contributed by atoms with Gasteiger partial charge < -0.3 is 14.9 Å². The molecule has 0 aliphatic carbocycles. The average Bonchev–Trinajstić information content (AvgIpc) is 3.41. The van der Waals surface area contributed by atoms with Crippen LogP contribution in [0.25, 0.3) is 28.0 Å². The minimum atomic E-state index is -1.25. The maximum Gasteiger partial charge on any atom is 0.411 e. The number of benzene rings is 2. The number of hydrogen-bond acceptors (Lipinski definition) is 6. The van der Waals surface area contributed by atoms with E-state index in [0.29, 0.717) is 34.1 Å². The SMILES string of the molecule is CN(C(=O)O)c1ccc(-c2c(-c3ccc(C#N)cc3)nc(N3CCC(N(C)C)CC3)n3ccnc23)cc1F. The number of rotatable bonds is 5. The summed E-state index contributed by atoms with van der Waals surface area (Å²) in [5.74, 6) is 0.0817. The van der Waals surface area contributed by atoms with Gasteiger partial charge >= 0.3 is 6.09 Å². The van der Waals surface area contributed by atoms with Crippen LogP contribution in [-0.2, 0) is 0 Å². The fraction of sp³-hybridized carbons (Fsp3) is 0.286. The zero-order valence-electron chi connectivity index (χ0n) is 21.5. The lowest BCUT2D eigenvalue weighted by atomic mass is 9.98. The molecule has 1 N–H and O–H groups in total. The largest absolute Gasteiger partial charge is 0.465 e. The smallest absolute Gasteiger partial charge is 0.411 e. The molecule has 1 amide bonds. The van der Waals surface area contributed by atoms with E-state index in [1.54, 1.807) is 24.4 Å². The minimum absolute atomic E-state index is 0.0473. The number of piperidine rings is 1. The molecule has 5 rings (SSSR count). The Labute approximate surface area is 220 Å². The monoisotopic (exact) mass is 513 g/mol. The number of aromatic nitrogens is 3. The molecule has 1 saturated heterocycles. The van der Waals surface area contributed by atoms with Crippen molar-refractivity contribution in [2.24, 2.45) is 0 Å². The number of hydrogen-bond donors (Lipinski definition) is 1. The van der Waals surface area contributed by atoms with Gasteiger partial charge in [-0.1, -0.05) is 18.2 Å². The Hall–Kier alpha value is -4.49. The van der Waals surface area contributed by atoms with Crippen molar-refractivity contribution in [3.63, 3.8) is 0 Å². The fourth-order valence-corrected chi connectivity index (χ4v) is 4.99. The van der Waals surface area contributed by atoms with E-state index in [9.17, 15) is 15.2 Å². The van der Waals surface area contributed by atoms with Gasteiger partial charge in [-0.15, -0.1) is 0 Å². The average molecular weight is 514 g/mol. The van der Waals surface area contributed by atoms with Gasteiger partial charge in [-0.25, -0.2) is 19.2 Å². The van der Waals surface area contributed by atoms with Crippen LogP contribution in [0.2, 0.25) is 0 Å². The first-order chi connectivity index (χ1) is 18.3. The van der Waals surface area contributed by atoms with Crippen molar-refractivity contribution in [1.29, 1.82) is 5.26 Å². The summed E-state index contributed by atoms with van der Waals surface area (Å²) in [6.07, 6.45) is 4.30. The summed E-state index contributed by atoms with van der Waals surface area (Å²) >= 11 is 0. The molecule has 38 heavy (non-hydrogen) atoms. The molecule has 1 fully saturated rings. The fourth-order valence-electron chi connectivity index (χ4n) is 4.99. The quantitative estimate of drug-likeness (QED) is 0.412. The maximum absolute atomic E-state index is 15.2. The molecule has 4 aromatic rings. The molecule has 0 saturated carbocycles. The van der Waals surface area contributed by atoms with Crippen LogP contribution in [0.4, 0.5) is 20.8 Å². The third kappa shape index (κ3) is 4.53. The second-order valence-electron chi connectivity index (χ2n) is 9.64. The van der Waals surface area contributed by atoms with Gasteiger partial charge in [0.2, 0.25) is 5.95 Å². The topological polar surface area (TPSA) is 101 Å². The lowest BCUT2D eigenvalue weighted by Gasteiger charge is -2.36. The summed E-state index contributed by atoms with van der Waals surface area (Å²) in [7, 11) is 5.50. The summed E-state index contributed by atoms with van der Waals surface area (Å²) in [5, 5.41) is 18.6. The first kappa shape index (κ1) is 25.2. The van der Waals surface area contributed by atoms with Crippen molar-refractivity contribution in [2.75, 3.05) is 44.0 Å². The summed E-state index contributed by atoms with van der Waals surface area (Å²) < 4.78 is 17.1. The molecule has 3 heterocycles. The van der Waals surface area contributed by atoms with Crippen molar-refractivity contribution < 1.29 is 14.3 Å². The van der Waals surface area contributed by atoms with E-state index in [1.165, 1.54) is 19.2 Å². The second-order valence-corrected chi connectivity index (χ2v) is 9.64. The molecule has 9 nitrogen and oxygen atoms in total. The molecule has 194 valence electrons. The Morgan fingerprint density at radius 2 is 1.79 bits per heavy atom. The van der Waals surface area contributed by atoms with Gasteiger partial charge in [-0.3, -0.25) is 9.30 Å². The standard InChI is InChI=1S/C28H28FN7O2/c1-33(2)21-10-13-35(14-11-21)27-32-25(19-6-4-18(17-30)5-7-19)24(26-31-12-15-36(26)27)20-8-9-23(22(29)16-20)34(3)28(37)38/h4-9,12,15-16,21H,10-11,13-14H2,1-3H3,(H,37,38). The van der Waals surface area contributed by atoms with Crippen molar-refractivity contribution in [3.8, 4) is 28.5 Å². The highest BCUT2D eigenvalue weighted by Gasteiger charge is 2.26. The van der Waals surface area contributed by atoms with Crippen LogP contribution in [0.1, 0.15) is 18.4 Å². The summed E-state index contributed by atoms with van der Waals surface area (Å²) in [5.41, 5.74) is 3.60. The Morgan fingerprint density at radius 1 is 1.11 bits per heavy atom. The van der Waals surface area contributed by atoms with Crippen LogP contribution in [0, 0.1) is 17.1 Å². The molecule has 0 unspecified atom stereocenters. The number of anilines is 2. The lowest BCUT2D eigenvalue weighted by Crippen LogP contribution is -2.43. The second kappa shape index (κ2) is 10.1. The molecule has 10 heteroatoms. The Balaban J connectivity index is 1.69. The summed E-state index contributed by atoms with van der Waals surface area (Å²) in [6.45, 7) is 1.67. The molecule has 0 radical (unpaired) electrons. The highest BCUT2D eigenvalue weighted by molar-refractivity contribution is 5.92. The molecular weight excluding hydrogens is 485 g/mol. The van der Waals surface area contributed by atoms with Gasteiger partial charge in [0.25, 0.3) is 0 Å². The first-order valence-corrected chi connectivity index (χ1v) is 12.3. The Morgan fingerprint density at radius 3 is 2.39 bits per heavy atom. The summed E-state index contributed by atoms with van der Waals surface area (Å²) in [6, 6.07) is 14.2. The van der Waals surface area contributed by atoms with E-state index < -0.39 is 11.9 Å². The van der Waals surface area contributed by atoms with E-state index in [4.69, 9.17) is 4.98 Å². The van der Waals surface area contributed by atoms with Crippen molar-refractivity contribution in [3.05, 3.63) is 66.2 Å². The van der Waals surface area contributed by atoms with Crippen LogP contribution in [0.5, 0.6) is 0 Å². The third-order valence-corrected chi connectivity index (χ3v) is 7.18. The van der Waals surface area contributed by atoms with E-state index in [1.807, 2.05) is 22.7 Å². The molecule has 2 aromatic carbocycles. The highest BCUT2D eigenvalue weighted by atomic mass is 19.1. The van der Waals surface area contributed by atoms with Gasteiger partial charge in [0.05, 0.1) is 28.6 Å². The van der Waals surface area contributed by atoms with E-state index in [-0.39, 0.29) is 5.69 Å². The van der Waals surface area contributed by atoms with Gasteiger partial charge in [0.15, 0.2) is 0 Å². The molecule has 0 atom stereocenters. The molecule has 1 aliphatic heterocycles. The minimum Gasteiger partial charge on any atom is -0.465 e. The number of halogens is 1. The van der Waals surface area contributed by atoms with Crippen LogP contribution in [0.15, 0.2) is 54.9 Å². The third-order valence-electron chi connectivity index (χ3n) is 7.18. The molecule has 2 aromatic heterocycles. The number of fused-ring (bicyclic) bond motifs is 1. The number of carbonyl (C=O) groups is 1. The van der Waals surface area contributed by atoms with Crippen molar-refractivity contribution in [2.45, 2.75) is 18.9 Å². The number of imidazole rings is 1. The normalized spacial score (nSPS) is 14.2. The van der Waals surface area contributed by atoms with Gasteiger partial charge in [-0.05, 0) is 56.8 Å². The highest BCUT2D eigenvalue weighted by Crippen LogP contribution is 2.38. The van der Waals surface area contributed by atoms with E-state index in [0.717, 1.165) is 42.3 Å². The Bertz CT molecular complexity index is 1530. The van der Waals surface area contributed by atoms with Crippen molar-refractivity contribution >= 4 is 23.4 Å². The number of nitriles is 1. The van der Waals surface area contributed by atoms with Gasteiger partial charge in [-0.2, -0.15) is 5.26 Å². The lowest BCUT2D eigenvalue weighted by molar-refractivity contribution is 0.203. The molecule has 0 bridgehead atoms. The zero-order valence-corrected chi connectivity index (χ0v) is 21.5. The zero-order chi connectivity index (χ0) is 27.0. The first-order valence-electron chi connectivity index (χ1n) is 12.3. The van der Waals surface area contributed by atoms with Crippen LogP contribution in [-0.4, -0.2) is 70.7 Å². The summed E-state index contributed by atoms with van der Waals surface area (Å²) in [4.78, 5) is 26.5. The predicted molar refractivity (Wildman–Crippen MR) is 144 cm³/mol. The molecule has 1 aliphatic rings. The van der Waals surface area contributed by atoms with Gasteiger partial charge in [0, 0.05) is 44.1 Å². The van der Waals surface area contributed by atoms with Gasteiger partial charge in [0.1, 0.15) is 11.5 Å². The van der Waals surface area contributed by atoms with Crippen LogP contribution in [0.3, 0.4) is 0 Å². The number of carboxylic acid groups (broad SMARTS) is 1. The Kier molecular flexibility index (Phi) is 6.70.